The molecule has 0 heterocycles. The van der Waals surface area contributed by atoms with Gasteiger partial charge in [0.15, 0.2) is 11.5 Å². The average Bonchev–Trinajstić information content (AvgIpc) is 2.85. The van der Waals surface area contributed by atoms with E-state index in [4.69, 9.17) is 32.7 Å². The molecule has 0 bridgehead atoms. The van der Waals surface area contributed by atoms with Gasteiger partial charge in [0.05, 0.1) is 12.8 Å². The fourth-order valence-electron chi connectivity index (χ4n) is 3.37. The van der Waals surface area contributed by atoms with Crippen LogP contribution in [0.3, 0.4) is 0 Å². The molecule has 0 aliphatic rings. The first-order valence-electron chi connectivity index (χ1n) is 11.5. The summed E-state index contributed by atoms with van der Waals surface area (Å²) in [6, 6.07) is 17.7. The second-order valence-corrected chi connectivity index (χ2v) is 8.69. The van der Waals surface area contributed by atoms with E-state index in [2.05, 4.69) is 22.4 Å². The topological polar surface area (TPSA) is 89.0 Å². The summed E-state index contributed by atoms with van der Waals surface area (Å²) < 4.78 is 11.9. The molecule has 3 aromatic rings. The van der Waals surface area contributed by atoms with Crippen LogP contribution in [-0.4, -0.2) is 24.6 Å². The quantitative estimate of drug-likeness (QED) is 0.124. The summed E-state index contributed by atoms with van der Waals surface area (Å²) in [7, 11) is 0. The monoisotopic (exact) mass is 539 g/mol. The maximum atomic E-state index is 12.1. The van der Waals surface area contributed by atoms with E-state index >= 15 is 0 Å². The Hall–Kier alpha value is -3.81. The molecular weight excluding hydrogens is 513 g/mol. The second kappa shape index (κ2) is 14.1. The Morgan fingerprint density at radius 2 is 1.78 bits per heavy atom. The summed E-state index contributed by atoms with van der Waals surface area (Å²) in [6.07, 6.45) is 3.37. The van der Waals surface area contributed by atoms with Crippen LogP contribution >= 0.6 is 23.2 Å². The van der Waals surface area contributed by atoms with Crippen LogP contribution in [0.5, 0.6) is 11.5 Å². The van der Waals surface area contributed by atoms with Gasteiger partial charge in [-0.3, -0.25) is 9.59 Å². The van der Waals surface area contributed by atoms with Crippen LogP contribution in [0.1, 0.15) is 30.0 Å². The Morgan fingerprint density at radius 3 is 2.49 bits per heavy atom. The number of halogens is 2. The number of rotatable bonds is 12. The van der Waals surface area contributed by atoms with Gasteiger partial charge in [0.2, 0.25) is 11.8 Å². The van der Waals surface area contributed by atoms with Crippen molar-refractivity contribution >= 4 is 46.9 Å². The number of hydrogen-bond acceptors (Lipinski definition) is 5. The van der Waals surface area contributed by atoms with Crippen molar-refractivity contribution in [2.45, 2.75) is 26.4 Å². The molecule has 192 valence electrons. The van der Waals surface area contributed by atoms with Crippen molar-refractivity contribution in [3.63, 3.8) is 0 Å². The number of para-hydroxylation sites is 1. The minimum atomic E-state index is -0.541. The Bertz CT molecular complexity index is 1280. The normalized spacial score (nSPS) is 10.7. The second-order valence-electron chi connectivity index (χ2n) is 7.84. The number of nitrogens with one attached hydrogen (secondary N) is 2. The molecule has 7 nitrogen and oxygen atoms in total. The van der Waals surface area contributed by atoms with E-state index in [1.165, 1.54) is 6.21 Å². The Morgan fingerprint density at radius 1 is 1.00 bits per heavy atom. The van der Waals surface area contributed by atoms with E-state index in [1.54, 1.807) is 48.5 Å². The molecular formula is C28H27Cl2N3O4. The predicted octanol–water partition coefficient (Wildman–Crippen LogP) is 6.18. The molecule has 0 aromatic heterocycles. The van der Waals surface area contributed by atoms with E-state index in [1.807, 2.05) is 25.1 Å². The maximum Gasteiger partial charge on any atom is 0.249 e. The number of benzene rings is 3. The summed E-state index contributed by atoms with van der Waals surface area (Å²) >= 11 is 12.3. The zero-order valence-corrected chi connectivity index (χ0v) is 21.8. The molecule has 0 unspecified atom stereocenters. The van der Waals surface area contributed by atoms with Gasteiger partial charge in [0.25, 0.3) is 0 Å². The third-order valence-corrected chi connectivity index (χ3v) is 5.57. The number of allylic oxidation sites excluding steroid dienone is 1. The van der Waals surface area contributed by atoms with Gasteiger partial charge in [-0.25, -0.2) is 5.43 Å². The minimum Gasteiger partial charge on any atom is -0.490 e. The first kappa shape index (κ1) is 27.8. The lowest BCUT2D eigenvalue weighted by molar-refractivity contribution is -0.126. The highest BCUT2D eigenvalue weighted by atomic mass is 35.5. The zero-order valence-electron chi connectivity index (χ0n) is 20.3. The Labute approximate surface area is 226 Å². The number of hydrazone groups is 1. The molecule has 0 spiro atoms. The first-order valence-corrected chi connectivity index (χ1v) is 12.3. The number of carbonyl (C=O) groups excluding carboxylic acids is 2. The van der Waals surface area contributed by atoms with Crippen molar-refractivity contribution < 1.29 is 19.1 Å². The number of nitrogens with zero attached hydrogens (tertiary/aromatic N) is 1. The van der Waals surface area contributed by atoms with Crippen LogP contribution in [0.2, 0.25) is 10.0 Å². The predicted molar refractivity (Wildman–Crippen MR) is 148 cm³/mol. The van der Waals surface area contributed by atoms with E-state index < -0.39 is 11.8 Å². The van der Waals surface area contributed by atoms with Gasteiger partial charge in [-0.05, 0) is 55.3 Å². The SMILES string of the molecule is C=CCc1cc(C=NNC(=O)CC(=O)Nc2ccccc2)cc(OCC)c1OCc1ccc(Cl)cc1Cl. The summed E-state index contributed by atoms with van der Waals surface area (Å²) in [5, 5.41) is 7.70. The number of hydrogen-bond donors (Lipinski definition) is 2. The molecule has 2 amide bonds. The molecule has 0 fully saturated rings. The standard InChI is InChI=1S/C28H27Cl2N3O4/c1-3-8-20-13-19(17-31-33-27(35)16-26(34)32-23-9-6-5-7-10-23)14-25(36-4-2)28(20)37-18-21-11-12-22(29)15-24(21)30/h3,5-7,9-15,17H,1,4,8,16,18H2,2H3,(H,32,34)(H,33,35). The van der Waals surface area contributed by atoms with Crippen LogP contribution in [0.15, 0.2) is 78.4 Å². The van der Waals surface area contributed by atoms with Gasteiger partial charge in [-0.15, -0.1) is 6.58 Å². The van der Waals surface area contributed by atoms with Crippen molar-refractivity contribution in [1.82, 2.24) is 5.43 Å². The summed E-state index contributed by atoms with van der Waals surface area (Å²) in [5.41, 5.74) is 5.26. The fourth-order valence-corrected chi connectivity index (χ4v) is 3.83. The number of ether oxygens (including phenoxy) is 2. The van der Waals surface area contributed by atoms with Gasteiger partial charge < -0.3 is 14.8 Å². The van der Waals surface area contributed by atoms with Gasteiger partial charge in [0.1, 0.15) is 13.0 Å². The summed E-state index contributed by atoms with van der Waals surface area (Å²) in [4.78, 5) is 24.2. The van der Waals surface area contributed by atoms with Crippen molar-refractivity contribution in [2.24, 2.45) is 5.10 Å². The van der Waals surface area contributed by atoms with Crippen LogP contribution in [0.4, 0.5) is 5.69 Å². The molecule has 0 atom stereocenters. The molecule has 3 aromatic carbocycles. The molecule has 9 heteroatoms. The van der Waals surface area contributed by atoms with Gasteiger partial charge in [0, 0.05) is 26.9 Å². The third-order valence-electron chi connectivity index (χ3n) is 4.99. The fraction of sp³-hybridized carbons (Fsp3) is 0.179. The van der Waals surface area contributed by atoms with E-state index in [0.717, 1.165) is 11.1 Å². The van der Waals surface area contributed by atoms with Gasteiger partial charge >= 0.3 is 0 Å². The zero-order chi connectivity index (χ0) is 26.6. The van der Waals surface area contributed by atoms with E-state index in [9.17, 15) is 9.59 Å². The lowest BCUT2D eigenvalue weighted by atomic mass is 10.1. The molecule has 0 saturated heterocycles. The molecule has 37 heavy (non-hydrogen) atoms. The highest BCUT2D eigenvalue weighted by molar-refractivity contribution is 6.35. The van der Waals surface area contributed by atoms with Crippen molar-refractivity contribution in [2.75, 3.05) is 11.9 Å². The number of carbonyl (C=O) groups is 2. The smallest absolute Gasteiger partial charge is 0.249 e. The van der Waals surface area contributed by atoms with Crippen LogP contribution in [0, 0.1) is 0 Å². The van der Waals surface area contributed by atoms with Crippen LogP contribution in [-0.2, 0) is 22.6 Å². The van der Waals surface area contributed by atoms with Crippen molar-refractivity contribution in [3.05, 3.63) is 100 Å². The van der Waals surface area contributed by atoms with Crippen molar-refractivity contribution in [1.29, 1.82) is 0 Å². The Balaban J connectivity index is 1.69. The molecule has 2 N–H and O–H groups in total. The lowest BCUT2D eigenvalue weighted by Gasteiger charge is -2.17. The molecule has 0 saturated carbocycles. The van der Waals surface area contributed by atoms with Gasteiger partial charge in [-0.1, -0.05) is 53.5 Å². The third kappa shape index (κ3) is 8.66. The largest absolute Gasteiger partial charge is 0.490 e. The highest BCUT2D eigenvalue weighted by Gasteiger charge is 2.15. The lowest BCUT2D eigenvalue weighted by Crippen LogP contribution is -2.24. The van der Waals surface area contributed by atoms with Gasteiger partial charge in [-0.2, -0.15) is 5.10 Å². The van der Waals surface area contributed by atoms with Crippen molar-refractivity contribution in [3.8, 4) is 11.5 Å². The number of anilines is 1. The number of amides is 2. The molecule has 0 aliphatic heterocycles. The molecule has 0 radical (unpaired) electrons. The molecule has 3 rings (SSSR count). The molecule has 0 aliphatic carbocycles. The van der Waals surface area contributed by atoms with Crippen LogP contribution < -0.4 is 20.2 Å². The summed E-state index contributed by atoms with van der Waals surface area (Å²) in [5.74, 6) is 0.0994. The highest BCUT2D eigenvalue weighted by Crippen LogP contribution is 2.35. The first-order chi connectivity index (χ1) is 17.9. The minimum absolute atomic E-state index is 0.217. The summed E-state index contributed by atoms with van der Waals surface area (Å²) in [6.45, 7) is 6.33. The van der Waals surface area contributed by atoms with Crippen LogP contribution in [0.25, 0.3) is 0 Å². The maximum absolute atomic E-state index is 12.1. The van der Waals surface area contributed by atoms with E-state index in [0.29, 0.717) is 45.8 Å². The Kier molecular flexibility index (Phi) is 10.6. The van der Waals surface area contributed by atoms with E-state index in [-0.39, 0.29) is 13.0 Å². The average molecular weight is 540 g/mol.